The minimum absolute atomic E-state index is 0.0530. The van der Waals surface area contributed by atoms with E-state index in [0.717, 1.165) is 27.2 Å². The third-order valence-electron chi connectivity index (χ3n) is 8.94. The number of benzene rings is 4. The van der Waals surface area contributed by atoms with E-state index in [0.29, 0.717) is 45.4 Å². The van der Waals surface area contributed by atoms with E-state index < -0.39 is 48.5 Å². The standard InChI is InChI=1S/C39H35NO11/c1-20-14-31-32(15-21(20)2)50-33-17-26(49-27-12-22(3)36(23(4)13-27)48-24(5)41)9-11-30(33)39(31)29-10-8-25(16-28(29)38(45)51-39)37(44)40(18-34(42)46-6)19-35(43)47-7/h8-17H,18-19H2,1-7H3. The van der Waals surface area contributed by atoms with Gasteiger partial charge in [0.2, 0.25) is 0 Å². The number of methoxy groups -OCH3 is 2. The van der Waals surface area contributed by atoms with Crippen LogP contribution in [0.25, 0.3) is 0 Å². The third kappa shape index (κ3) is 6.24. The van der Waals surface area contributed by atoms with Crippen LogP contribution in [-0.2, 0) is 34.2 Å². The molecule has 2 aliphatic heterocycles. The molecule has 51 heavy (non-hydrogen) atoms. The van der Waals surface area contributed by atoms with E-state index >= 15 is 0 Å². The van der Waals surface area contributed by atoms with Gasteiger partial charge in [-0.15, -0.1) is 0 Å². The van der Waals surface area contributed by atoms with Crippen LogP contribution >= 0.6 is 0 Å². The van der Waals surface area contributed by atoms with Crippen molar-refractivity contribution in [2.24, 2.45) is 0 Å². The maximum Gasteiger partial charge on any atom is 0.340 e. The SMILES string of the molecule is COC(=O)CN(CC(=O)OC)C(=O)c1ccc2c(c1)C(=O)OC21c2ccc(Oc3cc(C)c(OC(C)=O)c(C)c3)cc2Oc2cc(C)c(C)cc21. The van der Waals surface area contributed by atoms with E-state index in [1.807, 2.05) is 39.8 Å². The van der Waals surface area contributed by atoms with Gasteiger partial charge in [-0.1, -0.05) is 6.07 Å². The predicted molar refractivity (Wildman–Crippen MR) is 181 cm³/mol. The molecule has 12 nitrogen and oxygen atoms in total. The molecule has 4 aromatic rings. The topological polar surface area (TPSA) is 144 Å². The summed E-state index contributed by atoms with van der Waals surface area (Å²) in [5, 5.41) is 0. The van der Waals surface area contributed by atoms with Gasteiger partial charge in [-0.05, 0) is 98.5 Å². The van der Waals surface area contributed by atoms with E-state index in [1.54, 1.807) is 36.4 Å². The van der Waals surface area contributed by atoms with Crippen molar-refractivity contribution in [1.82, 2.24) is 4.90 Å². The van der Waals surface area contributed by atoms with Crippen molar-refractivity contribution in [2.75, 3.05) is 27.3 Å². The molecule has 2 aliphatic rings. The van der Waals surface area contributed by atoms with Crippen molar-refractivity contribution in [3.63, 3.8) is 0 Å². The summed E-state index contributed by atoms with van der Waals surface area (Å²) < 4.78 is 33.8. The van der Waals surface area contributed by atoms with Crippen molar-refractivity contribution in [1.29, 1.82) is 0 Å². The summed E-state index contributed by atoms with van der Waals surface area (Å²) >= 11 is 0. The zero-order chi connectivity index (χ0) is 36.8. The molecule has 1 atom stereocenters. The smallest absolute Gasteiger partial charge is 0.340 e. The van der Waals surface area contributed by atoms with Crippen LogP contribution < -0.4 is 14.2 Å². The lowest BCUT2D eigenvalue weighted by atomic mass is 9.76. The summed E-state index contributed by atoms with van der Waals surface area (Å²) in [6.07, 6.45) is 0. The molecule has 0 saturated carbocycles. The summed E-state index contributed by atoms with van der Waals surface area (Å²) in [5.41, 5.74) is 3.71. The number of fused-ring (bicyclic) bond motifs is 6. The molecule has 6 rings (SSSR count). The van der Waals surface area contributed by atoms with Crippen LogP contribution in [0.2, 0.25) is 0 Å². The van der Waals surface area contributed by atoms with Gasteiger partial charge in [0.15, 0.2) is 5.60 Å². The number of esters is 4. The van der Waals surface area contributed by atoms with E-state index in [-0.39, 0.29) is 11.1 Å². The van der Waals surface area contributed by atoms with Crippen molar-refractivity contribution in [3.8, 4) is 28.7 Å². The molecular formula is C39H35NO11. The molecule has 0 fully saturated rings. The second kappa shape index (κ2) is 13.3. The number of nitrogens with zero attached hydrogens (tertiary/aromatic N) is 1. The van der Waals surface area contributed by atoms with Crippen LogP contribution in [0.4, 0.5) is 0 Å². The second-order valence-corrected chi connectivity index (χ2v) is 12.4. The molecule has 1 unspecified atom stereocenters. The van der Waals surface area contributed by atoms with Crippen LogP contribution in [0, 0.1) is 27.7 Å². The Balaban J connectivity index is 1.43. The monoisotopic (exact) mass is 693 g/mol. The fourth-order valence-electron chi connectivity index (χ4n) is 6.39. The molecule has 0 aromatic heterocycles. The second-order valence-electron chi connectivity index (χ2n) is 12.4. The summed E-state index contributed by atoms with van der Waals surface area (Å²) in [6.45, 7) is 7.87. The first-order valence-corrected chi connectivity index (χ1v) is 16.0. The van der Waals surface area contributed by atoms with Crippen LogP contribution in [0.3, 0.4) is 0 Å². The summed E-state index contributed by atoms with van der Waals surface area (Å²) in [5.74, 6) is -0.964. The quantitative estimate of drug-likeness (QED) is 0.122. The Morgan fingerprint density at radius 3 is 1.94 bits per heavy atom. The average molecular weight is 694 g/mol. The zero-order valence-electron chi connectivity index (χ0n) is 29.1. The van der Waals surface area contributed by atoms with Gasteiger partial charge in [-0.3, -0.25) is 19.2 Å². The molecule has 0 saturated heterocycles. The summed E-state index contributed by atoms with van der Waals surface area (Å²) in [4.78, 5) is 64.1. The van der Waals surface area contributed by atoms with Gasteiger partial charge in [0.05, 0.1) is 19.8 Å². The molecule has 262 valence electrons. The van der Waals surface area contributed by atoms with Crippen LogP contribution in [0.15, 0.2) is 60.7 Å². The maximum absolute atomic E-state index is 13.8. The molecule has 0 bridgehead atoms. The number of amides is 1. The Labute approximate surface area is 293 Å². The molecule has 0 radical (unpaired) electrons. The van der Waals surface area contributed by atoms with E-state index in [4.69, 9.17) is 28.4 Å². The van der Waals surface area contributed by atoms with Crippen molar-refractivity contribution >= 4 is 29.8 Å². The molecule has 4 aromatic carbocycles. The maximum atomic E-state index is 13.8. The first-order valence-electron chi connectivity index (χ1n) is 16.0. The lowest BCUT2D eigenvalue weighted by molar-refractivity contribution is -0.144. The minimum atomic E-state index is -1.44. The minimum Gasteiger partial charge on any atom is -0.468 e. The van der Waals surface area contributed by atoms with Crippen molar-refractivity contribution in [3.05, 3.63) is 111 Å². The Hall–Kier alpha value is -6.17. The molecule has 12 heteroatoms. The van der Waals surface area contributed by atoms with Gasteiger partial charge in [0.1, 0.15) is 41.8 Å². The van der Waals surface area contributed by atoms with Gasteiger partial charge in [-0.25, -0.2) is 4.79 Å². The third-order valence-corrected chi connectivity index (χ3v) is 8.94. The first kappa shape index (κ1) is 34.7. The summed E-state index contributed by atoms with van der Waals surface area (Å²) in [6, 6.07) is 17.1. The van der Waals surface area contributed by atoms with Gasteiger partial charge in [0.25, 0.3) is 5.91 Å². The van der Waals surface area contributed by atoms with Gasteiger partial charge in [0, 0.05) is 35.2 Å². The Kier molecular flexibility index (Phi) is 9.03. The average Bonchev–Trinajstić information content (AvgIpc) is 3.38. The number of aryl methyl sites for hydroxylation is 4. The van der Waals surface area contributed by atoms with Crippen LogP contribution in [-0.4, -0.2) is 62.0 Å². The summed E-state index contributed by atoms with van der Waals surface area (Å²) in [7, 11) is 2.34. The lowest BCUT2D eigenvalue weighted by Gasteiger charge is -2.37. The first-order chi connectivity index (χ1) is 24.2. The molecule has 0 aliphatic carbocycles. The van der Waals surface area contributed by atoms with Gasteiger partial charge < -0.3 is 33.3 Å². The largest absolute Gasteiger partial charge is 0.468 e. The van der Waals surface area contributed by atoms with E-state index in [1.165, 1.54) is 33.3 Å². The highest BCUT2D eigenvalue weighted by Gasteiger charge is 2.54. The highest BCUT2D eigenvalue weighted by atomic mass is 16.6. The van der Waals surface area contributed by atoms with Gasteiger partial charge in [-0.2, -0.15) is 0 Å². The normalized spacial score (nSPS) is 15.1. The molecule has 0 N–H and O–H groups in total. The Morgan fingerprint density at radius 1 is 0.706 bits per heavy atom. The Morgan fingerprint density at radius 2 is 1.31 bits per heavy atom. The van der Waals surface area contributed by atoms with E-state index in [9.17, 15) is 24.0 Å². The molecule has 1 amide bonds. The van der Waals surface area contributed by atoms with E-state index in [2.05, 4.69) is 0 Å². The molecule has 1 spiro atoms. The highest BCUT2D eigenvalue weighted by molar-refractivity contribution is 6.03. The zero-order valence-corrected chi connectivity index (χ0v) is 29.1. The Bertz CT molecular complexity index is 2110. The fourth-order valence-corrected chi connectivity index (χ4v) is 6.39. The van der Waals surface area contributed by atoms with Crippen LogP contribution in [0.5, 0.6) is 28.7 Å². The number of rotatable bonds is 8. The predicted octanol–water partition coefficient (Wildman–Crippen LogP) is 5.99. The van der Waals surface area contributed by atoms with Crippen LogP contribution in [0.1, 0.15) is 66.6 Å². The van der Waals surface area contributed by atoms with Crippen molar-refractivity contribution in [2.45, 2.75) is 40.2 Å². The number of hydrogen-bond donors (Lipinski definition) is 0. The number of ether oxygens (including phenoxy) is 6. The van der Waals surface area contributed by atoms with Crippen molar-refractivity contribution < 1.29 is 52.4 Å². The fraction of sp³-hybridized carbons (Fsp3) is 0.256. The highest BCUT2D eigenvalue weighted by Crippen LogP contribution is 2.57. The number of carbonyl (C=O) groups excluding carboxylic acids is 5. The lowest BCUT2D eigenvalue weighted by Crippen LogP contribution is -2.40. The van der Waals surface area contributed by atoms with Gasteiger partial charge >= 0.3 is 23.9 Å². The molecular weight excluding hydrogens is 658 g/mol. The number of carbonyl (C=O) groups is 5. The number of hydrogen-bond acceptors (Lipinski definition) is 11. The molecule has 2 heterocycles.